The molecule has 1 amide bonds. The van der Waals surface area contributed by atoms with Gasteiger partial charge in [-0.1, -0.05) is 20.8 Å². The first kappa shape index (κ1) is 16.5. The van der Waals surface area contributed by atoms with E-state index in [1.54, 1.807) is 0 Å². The summed E-state index contributed by atoms with van der Waals surface area (Å²) in [5, 5.41) is 12.0. The van der Waals surface area contributed by atoms with Crippen molar-refractivity contribution in [2.45, 2.75) is 33.3 Å². The van der Waals surface area contributed by atoms with Crippen LogP contribution in [0.5, 0.6) is 0 Å². The SMILES string of the molecule is CC(C)(C)CC(O)CNC(=O)c1ccc(F)c(F)c1F. The fraction of sp³-hybridized carbons (Fsp3) is 0.500. The summed E-state index contributed by atoms with van der Waals surface area (Å²) in [5.74, 6) is -5.47. The van der Waals surface area contributed by atoms with Gasteiger partial charge in [-0.05, 0) is 24.0 Å². The van der Waals surface area contributed by atoms with E-state index in [0.29, 0.717) is 12.5 Å². The third-order valence-electron chi connectivity index (χ3n) is 2.63. The van der Waals surface area contributed by atoms with Crippen LogP contribution in [0.2, 0.25) is 0 Å². The van der Waals surface area contributed by atoms with Gasteiger partial charge in [0, 0.05) is 6.54 Å². The van der Waals surface area contributed by atoms with Crippen LogP contribution >= 0.6 is 0 Å². The third-order valence-corrected chi connectivity index (χ3v) is 2.63. The molecule has 0 saturated heterocycles. The molecule has 0 spiro atoms. The first-order valence-electron chi connectivity index (χ1n) is 6.21. The molecule has 0 fully saturated rings. The minimum atomic E-state index is -1.69. The number of aliphatic hydroxyl groups is 1. The number of halogens is 3. The number of amides is 1. The Bertz CT molecular complexity index is 498. The molecule has 1 rings (SSSR count). The zero-order valence-electron chi connectivity index (χ0n) is 11.6. The summed E-state index contributed by atoms with van der Waals surface area (Å²) in [6.45, 7) is 5.68. The summed E-state index contributed by atoms with van der Waals surface area (Å²) in [4.78, 5) is 11.6. The van der Waals surface area contributed by atoms with E-state index in [1.807, 2.05) is 20.8 Å². The lowest BCUT2D eigenvalue weighted by molar-refractivity contribution is 0.0864. The van der Waals surface area contributed by atoms with Gasteiger partial charge < -0.3 is 10.4 Å². The van der Waals surface area contributed by atoms with E-state index in [9.17, 15) is 23.1 Å². The van der Waals surface area contributed by atoms with E-state index in [4.69, 9.17) is 0 Å². The van der Waals surface area contributed by atoms with Crippen LogP contribution in [-0.2, 0) is 0 Å². The van der Waals surface area contributed by atoms with Crippen LogP contribution in [0.25, 0.3) is 0 Å². The van der Waals surface area contributed by atoms with E-state index >= 15 is 0 Å². The van der Waals surface area contributed by atoms with Crippen molar-refractivity contribution in [1.82, 2.24) is 5.32 Å². The monoisotopic (exact) mass is 289 g/mol. The van der Waals surface area contributed by atoms with Crippen LogP contribution in [0, 0.1) is 22.9 Å². The quantitative estimate of drug-likeness (QED) is 0.837. The van der Waals surface area contributed by atoms with Crippen LogP contribution in [0.15, 0.2) is 12.1 Å². The largest absolute Gasteiger partial charge is 0.391 e. The van der Waals surface area contributed by atoms with Gasteiger partial charge in [0.2, 0.25) is 0 Å². The smallest absolute Gasteiger partial charge is 0.254 e. The molecular weight excluding hydrogens is 271 g/mol. The second kappa shape index (κ2) is 6.26. The molecule has 0 saturated carbocycles. The maximum absolute atomic E-state index is 13.4. The Morgan fingerprint density at radius 1 is 1.25 bits per heavy atom. The highest BCUT2D eigenvalue weighted by Gasteiger charge is 2.21. The first-order valence-corrected chi connectivity index (χ1v) is 6.21. The highest BCUT2D eigenvalue weighted by Crippen LogP contribution is 2.20. The Hall–Kier alpha value is -1.56. The Labute approximate surface area is 115 Å². The Morgan fingerprint density at radius 3 is 2.40 bits per heavy atom. The average molecular weight is 289 g/mol. The van der Waals surface area contributed by atoms with Crippen molar-refractivity contribution in [3.05, 3.63) is 35.1 Å². The van der Waals surface area contributed by atoms with Crippen LogP contribution in [0.3, 0.4) is 0 Å². The second-order valence-electron chi connectivity index (χ2n) is 5.85. The summed E-state index contributed by atoms with van der Waals surface area (Å²) in [6.07, 6.45) is -0.361. The van der Waals surface area contributed by atoms with Gasteiger partial charge in [-0.3, -0.25) is 4.79 Å². The van der Waals surface area contributed by atoms with Gasteiger partial charge in [0.25, 0.3) is 5.91 Å². The van der Waals surface area contributed by atoms with E-state index in [2.05, 4.69) is 5.32 Å². The van der Waals surface area contributed by atoms with Crippen molar-refractivity contribution in [3.8, 4) is 0 Å². The summed E-state index contributed by atoms with van der Waals surface area (Å²) in [6, 6.07) is 1.54. The number of hydrogen-bond acceptors (Lipinski definition) is 2. The third kappa shape index (κ3) is 4.52. The van der Waals surface area contributed by atoms with Crippen molar-refractivity contribution >= 4 is 5.91 Å². The summed E-state index contributed by atoms with van der Waals surface area (Å²) in [7, 11) is 0. The lowest BCUT2D eigenvalue weighted by Crippen LogP contribution is -2.34. The molecule has 1 unspecified atom stereocenters. The van der Waals surface area contributed by atoms with Gasteiger partial charge in [-0.15, -0.1) is 0 Å². The van der Waals surface area contributed by atoms with E-state index < -0.39 is 35.0 Å². The Balaban J connectivity index is 2.67. The minimum absolute atomic E-state index is 0.0888. The molecule has 0 aliphatic heterocycles. The fourth-order valence-corrected chi connectivity index (χ4v) is 1.79. The van der Waals surface area contributed by atoms with Crippen LogP contribution in [0.1, 0.15) is 37.6 Å². The normalized spacial score (nSPS) is 13.2. The molecule has 112 valence electrons. The van der Waals surface area contributed by atoms with Gasteiger partial charge in [-0.25, -0.2) is 13.2 Å². The van der Waals surface area contributed by atoms with Gasteiger partial charge in [-0.2, -0.15) is 0 Å². The van der Waals surface area contributed by atoms with E-state index in [1.165, 1.54) is 0 Å². The molecule has 1 aromatic rings. The molecule has 0 aliphatic rings. The zero-order chi connectivity index (χ0) is 15.5. The standard InChI is InChI=1S/C14H18F3NO2/c1-14(2,3)6-8(19)7-18-13(20)9-4-5-10(15)12(17)11(9)16/h4-5,8,19H,6-7H2,1-3H3,(H,18,20). The molecule has 1 atom stereocenters. The van der Waals surface area contributed by atoms with E-state index in [0.717, 1.165) is 6.07 Å². The van der Waals surface area contributed by atoms with Crippen molar-refractivity contribution < 1.29 is 23.1 Å². The number of carbonyl (C=O) groups excluding carboxylic acids is 1. The number of carbonyl (C=O) groups is 1. The van der Waals surface area contributed by atoms with Crippen LogP contribution < -0.4 is 5.32 Å². The Morgan fingerprint density at radius 2 is 1.85 bits per heavy atom. The van der Waals surface area contributed by atoms with Gasteiger partial charge >= 0.3 is 0 Å². The lowest BCUT2D eigenvalue weighted by Gasteiger charge is -2.22. The van der Waals surface area contributed by atoms with Gasteiger partial charge in [0.1, 0.15) is 0 Å². The van der Waals surface area contributed by atoms with Crippen molar-refractivity contribution in [3.63, 3.8) is 0 Å². The molecule has 1 aromatic carbocycles. The van der Waals surface area contributed by atoms with Gasteiger partial charge in [0.05, 0.1) is 11.7 Å². The molecule has 0 bridgehead atoms. The highest BCUT2D eigenvalue weighted by molar-refractivity contribution is 5.94. The van der Waals surface area contributed by atoms with Crippen LogP contribution in [-0.4, -0.2) is 23.7 Å². The van der Waals surface area contributed by atoms with E-state index in [-0.39, 0.29) is 12.0 Å². The highest BCUT2D eigenvalue weighted by atomic mass is 19.2. The predicted octanol–water partition coefficient (Wildman–Crippen LogP) is 2.63. The van der Waals surface area contributed by atoms with Crippen LogP contribution in [0.4, 0.5) is 13.2 Å². The summed E-state index contributed by atoms with van der Waals surface area (Å²) in [5.41, 5.74) is -0.718. The summed E-state index contributed by atoms with van der Waals surface area (Å²) >= 11 is 0. The van der Waals surface area contributed by atoms with Crippen molar-refractivity contribution in [1.29, 1.82) is 0 Å². The number of hydrogen-bond donors (Lipinski definition) is 2. The molecule has 6 heteroatoms. The minimum Gasteiger partial charge on any atom is -0.391 e. The average Bonchev–Trinajstić information content (AvgIpc) is 2.31. The molecule has 20 heavy (non-hydrogen) atoms. The Kier molecular flexibility index (Phi) is 5.16. The lowest BCUT2D eigenvalue weighted by atomic mass is 9.89. The second-order valence-corrected chi connectivity index (χ2v) is 5.85. The maximum atomic E-state index is 13.4. The molecule has 0 aromatic heterocycles. The molecule has 0 radical (unpaired) electrons. The molecule has 3 nitrogen and oxygen atoms in total. The van der Waals surface area contributed by atoms with Gasteiger partial charge in [0.15, 0.2) is 17.5 Å². The fourth-order valence-electron chi connectivity index (χ4n) is 1.79. The summed E-state index contributed by atoms with van der Waals surface area (Å²) < 4.78 is 39.1. The molecule has 0 aliphatic carbocycles. The maximum Gasteiger partial charge on any atom is 0.254 e. The molecule has 0 heterocycles. The zero-order valence-corrected chi connectivity index (χ0v) is 11.6. The topological polar surface area (TPSA) is 49.3 Å². The number of nitrogens with one attached hydrogen (secondary N) is 1. The molecule has 2 N–H and O–H groups in total. The predicted molar refractivity (Wildman–Crippen MR) is 68.7 cm³/mol. The first-order chi connectivity index (χ1) is 9.11. The molecular formula is C14H18F3NO2. The number of benzene rings is 1. The van der Waals surface area contributed by atoms with Crippen molar-refractivity contribution in [2.75, 3.05) is 6.54 Å². The van der Waals surface area contributed by atoms with Crippen molar-refractivity contribution in [2.24, 2.45) is 5.41 Å². The number of rotatable bonds is 4. The number of aliphatic hydroxyl groups excluding tert-OH is 1.